The lowest BCUT2D eigenvalue weighted by Gasteiger charge is -2.16. The molecule has 1 aliphatic rings. The molecule has 160 valence electrons. The normalized spacial score (nSPS) is 22.0. The van der Waals surface area contributed by atoms with E-state index in [0.717, 1.165) is 0 Å². The molecule has 30 heavy (non-hydrogen) atoms. The number of aromatic nitrogens is 4. The van der Waals surface area contributed by atoms with Crippen LogP contribution in [0.3, 0.4) is 0 Å². The van der Waals surface area contributed by atoms with Gasteiger partial charge in [0.25, 0.3) is 5.56 Å². The Morgan fingerprint density at radius 1 is 1.33 bits per heavy atom. The number of sulfone groups is 1. The van der Waals surface area contributed by atoms with E-state index in [4.69, 9.17) is 15.2 Å². The SMILES string of the molecule is Nc1nc2c(ncn2[C@H]2C[C@H](O)[C@@H](COCCS(=O)(=O)c3ccccc3)O2)c(=O)[nH]1. The number of nitrogen functional groups attached to an aromatic ring is 1. The summed E-state index contributed by atoms with van der Waals surface area (Å²) in [5, 5.41) is 10.3. The minimum absolute atomic E-state index is 0.0186. The second kappa shape index (κ2) is 8.14. The summed E-state index contributed by atoms with van der Waals surface area (Å²) in [6.07, 6.45) is -0.473. The zero-order chi connectivity index (χ0) is 21.3. The summed E-state index contributed by atoms with van der Waals surface area (Å²) in [5.74, 6) is -0.228. The van der Waals surface area contributed by atoms with E-state index >= 15 is 0 Å². The number of hydrogen-bond donors (Lipinski definition) is 3. The number of imidazole rings is 1. The summed E-state index contributed by atoms with van der Waals surface area (Å²) < 4.78 is 37.3. The van der Waals surface area contributed by atoms with E-state index in [2.05, 4.69) is 15.0 Å². The number of H-pyrrole nitrogens is 1. The average molecular weight is 435 g/mol. The Hall–Kier alpha value is -2.80. The van der Waals surface area contributed by atoms with Gasteiger partial charge in [0, 0.05) is 6.42 Å². The Morgan fingerprint density at radius 2 is 2.10 bits per heavy atom. The summed E-state index contributed by atoms with van der Waals surface area (Å²) in [7, 11) is -3.44. The third-order valence-corrected chi connectivity index (χ3v) is 6.54. The van der Waals surface area contributed by atoms with Crippen LogP contribution in [0.2, 0.25) is 0 Å². The lowest BCUT2D eigenvalue weighted by Crippen LogP contribution is -2.27. The van der Waals surface area contributed by atoms with Gasteiger partial charge in [0.1, 0.15) is 12.3 Å². The quantitative estimate of drug-likeness (QED) is 0.428. The van der Waals surface area contributed by atoms with Crippen LogP contribution in [-0.4, -0.2) is 64.2 Å². The van der Waals surface area contributed by atoms with Gasteiger partial charge in [-0.05, 0) is 12.1 Å². The maximum atomic E-state index is 12.3. The van der Waals surface area contributed by atoms with Crippen molar-refractivity contribution in [2.45, 2.75) is 29.8 Å². The lowest BCUT2D eigenvalue weighted by molar-refractivity contribution is -0.0591. The van der Waals surface area contributed by atoms with Gasteiger partial charge in [0.05, 0.1) is 36.3 Å². The number of hydrogen-bond acceptors (Lipinski definition) is 9. The van der Waals surface area contributed by atoms with Crippen molar-refractivity contribution in [3.63, 3.8) is 0 Å². The fraction of sp³-hybridized carbons (Fsp3) is 0.389. The fourth-order valence-corrected chi connectivity index (χ4v) is 4.45. The first-order chi connectivity index (χ1) is 14.3. The van der Waals surface area contributed by atoms with E-state index in [-0.39, 0.29) is 47.4 Å². The number of nitrogens with zero attached hydrogens (tertiary/aromatic N) is 3. The number of ether oxygens (including phenoxy) is 2. The molecular formula is C18H21N5O6S. The molecule has 1 saturated heterocycles. The van der Waals surface area contributed by atoms with Gasteiger partial charge >= 0.3 is 0 Å². The molecule has 1 fully saturated rings. The number of benzene rings is 1. The van der Waals surface area contributed by atoms with Crippen molar-refractivity contribution in [1.82, 2.24) is 19.5 Å². The minimum atomic E-state index is -3.44. The van der Waals surface area contributed by atoms with Crippen LogP contribution in [0.1, 0.15) is 12.6 Å². The molecule has 12 heteroatoms. The first-order valence-electron chi connectivity index (χ1n) is 9.26. The van der Waals surface area contributed by atoms with Gasteiger partial charge in [0.15, 0.2) is 21.0 Å². The van der Waals surface area contributed by atoms with E-state index in [0.29, 0.717) is 0 Å². The number of aliphatic hydroxyl groups excluding tert-OH is 1. The highest BCUT2D eigenvalue weighted by Crippen LogP contribution is 2.30. The number of fused-ring (bicyclic) bond motifs is 1. The maximum absolute atomic E-state index is 12.3. The molecule has 4 N–H and O–H groups in total. The summed E-state index contributed by atoms with van der Waals surface area (Å²) in [6.45, 7) is -0.0132. The molecule has 0 amide bonds. The Bertz CT molecular complexity index is 1190. The highest BCUT2D eigenvalue weighted by molar-refractivity contribution is 7.91. The molecule has 3 aromatic rings. The average Bonchev–Trinajstić information content (AvgIpc) is 3.29. The number of anilines is 1. The van der Waals surface area contributed by atoms with Crippen LogP contribution in [0.25, 0.3) is 11.2 Å². The number of aromatic amines is 1. The third-order valence-electron chi connectivity index (χ3n) is 4.85. The fourth-order valence-electron chi connectivity index (χ4n) is 3.30. The molecule has 2 aromatic heterocycles. The van der Waals surface area contributed by atoms with Crippen molar-refractivity contribution < 1.29 is 23.0 Å². The summed E-state index contributed by atoms with van der Waals surface area (Å²) in [4.78, 5) is 22.6. The van der Waals surface area contributed by atoms with Crippen molar-refractivity contribution in [3.8, 4) is 0 Å². The zero-order valence-electron chi connectivity index (χ0n) is 15.8. The van der Waals surface area contributed by atoms with Gasteiger partial charge < -0.3 is 20.3 Å². The molecule has 3 atom stereocenters. The number of aliphatic hydroxyl groups is 1. The second-order valence-corrected chi connectivity index (χ2v) is 9.02. The molecule has 3 heterocycles. The van der Waals surface area contributed by atoms with Crippen LogP contribution in [0, 0.1) is 0 Å². The van der Waals surface area contributed by atoms with Crippen LogP contribution in [0.4, 0.5) is 5.95 Å². The first-order valence-corrected chi connectivity index (χ1v) is 10.9. The highest BCUT2D eigenvalue weighted by atomic mass is 32.2. The van der Waals surface area contributed by atoms with Crippen LogP contribution in [0.5, 0.6) is 0 Å². The monoisotopic (exact) mass is 435 g/mol. The van der Waals surface area contributed by atoms with Crippen LogP contribution < -0.4 is 11.3 Å². The second-order valence-electron chi connectivity index (χ2n) is 6.91. The van der Waals surface area contributed by atoms with Crippen LogP contribution >= 0.6 is 0 Å². The standard InChI is InChI=1S/C18H21N5O6S/c19-18-21-16-15(17(25)22-18)20-10-23(16)14-8-12(24)13(29-14)9-28-6-7-30(26,27)11-4-2-1-3-5-11/h1-5,10,12-14,24H,6-9H2,(H3,19,21,22,25)/t12-,13+,14+/m0/s1. The van der Waals surface area contributed by atoms with Crippen molar-refractivity contribution in [3.05, 3.63) is 47.0 Å². The molecule has 4 rings (SSSR count). The van der Waals surface area contributed by atoms with Gasteiger partial charge in [-0.1, -0.05) is 18.2 Å². The van der Waals surface area contributed by atoms with E-state index in [1.807, 2.05) is 0 Å². The predicted octanol–water partition coefficient (Wildman–Crippen LogP) is -0.159. The van der Waals surface area contributed by atoms with Gasteiger partial charge in [-0.15, -0.1) is 0 Å². The van der Waals surface area contributed by atoms with Gasteiger partial charge in [-0.25, -0.2) is 13.4 Å². The van der Waals surface area contributed by atoms with Crippen LogP contribution in [-0.2, 0) is 19.3 Å². The molecule has 1 aliphatic heterocycles. The largest absolute Gasteiger partial charge is 0.390 e. The number of nitrogens with two attached hydrogens (primary N) is 1. The Labute approximate surface area is 171 Å². The Kier molecular flexibility index (Phi) is 5.56. The van der Waals surface area contributed by atoms with Crippen LogP contribution in [0.15, 0.2) is 46.3 Å². The zero-order valence-corrected chi connectivity index (χ0v) is 16.7. The smallest absolute Gasteiger partial charge is 0.280 e. The molecular weight excluding hydrogens is 414 g/mol. The maximum Gasteiger partial charge on any atom is 0.280 e. The molecule has 1 aromatic carbocycles. The van der Waals surface area contributed by atoms with Crippen molar-refractivity contribution >= 4 is 26.9 Å². The Morgan fingerprint density at radius 3 is 2.87 bits per heavy atom. The molecule has 0 radical (unpaired) electrons. The summed E-state index contributed by atoms with van der Waals surface area (Å²) >= 11 is 0. The van der Waals surface area contributed by atoms with Crippen molar-refractivity contribution in [2.75, 3.05) is 24.7 Å². The minimum Gasteiger partial charge on any atom is -0.390 e. The third kappa shape index (κ3) is 4.07. The van der Waals surface area contributed by atoms with Gasteiger partial charge in [-0.3, -0.25) is 14.3 Å². The summed E-state index contributed by atoms with van der Waals surface area (Å²) in [5.41, 5.74) is 5.51. The molecule has 0 aliphatic carbocycles. The van der Waals surface area contributed by atoms with Crippen molar-refractivity contribution in [1.29, 1.82) is 0 Å². The predicted molar refractivity (Wildman–Crippen MR) is 106 cm³/mol. The molecule has 0 unspecified atom stereocenters. The van der Waals surface area contributed by atoms with Gasteiger partial charge in [0.2, 0.25) is 5.95 Å². The van der Waals surface area contributed by atoms with E-state index in [9.17, 15) is 18.3 Å². The van der Waals surface area contributed by atoms with Crippen molar-refractivity contribution in [2.24, 2.45) is 0 Å². The van der Waals surface area contributed by atoms with Gasteiger partial charge in [-0.2, -0.15) is 4.98 Å². The Balaban J connectivity index is 1.36. The number of rotatable bonds is 7. The number of nitrogens with one attached hydrogen (secondary N) is 1. The molecule has 0 saturated carbocycles. The van der Waals surface area contributed by atoms with E-state index in [1.165, 1.54) is 23.0 Å². The first kappa shape index (κ1) is 20.5. The molecule has 0 bridgehead atoms. The lowest BCUT2D eigenvalue weighted by atomic mass is 10.2. The van der Waals surface area contributed by atoms with E-state index < -0.39 is 33.8 Å². The highest BCUT2D eigenvalue weighted by Gasteiger charge is 2.36. The topological polar surface area (TPSA) is 162 Å². The molecule has 0 spiro atoms. The van der Waals surface area contributed by atoms with E-state index in [1.54, 1.807) is 18.2 Å². The molecule has 11 nitrogen and oxygen atoms in total. The summed E-state index contributed by atoms with van der Waals surface area (Å²) in [6, 6.07) is 8.13.